The smallest absolute Gasteiger partial charge is 0.161 e. The Morgan fingerprint density at radius 1 is 0.960 bits per heavy atom. The van der Waals surface area contributed by atoms with Crippen LogP contribution in [0, 0.1) is 0 Å². The summed E-state index contributed by atoms with van der Waals surface area (Å²) in [5, 5.41) is 19.3. The van der Waals surface area contributed by atoms with Crippen LogP contribution in [0.3, 0.4) is 0 Å². The summed E-state index contributed by atoms with van der Waals surface area (Å²) in [6, 6.07) is 18.6. The van der Waals surface area contributed by atoms with Crippen molar-refractivity contribution < 1.29 is 9.84 Å². The molecule has 25 heavy (non-hydrogen) atoms. The molecule has 0 saturated carbocycles. The van der Waals surface area contributed by atoms with E-state index in [9.17, 15) is 5.11 Å². The number of methoxy groups -OCH3 is 1. The number of rotatable bonds is 4. The molecule has 2 heterocycles. The zero-order valence-electron chi connectivity index (χ0n) is 13.6. The lowest BCUT2D eigenvalue weighted by atomic mass is 10.0. The number of fused-ring (bicyclic) bond motifs is 1. The number of hydrogen-bond donors (Lipinski definition) is 1. The van der Waals surface area contributed by atoms with E-state index in [1.165, 1.54) is 0 Å². The lowest BCUT2D eigenvalue weighted by Crippen LogP contribution is -2.10. The summed E-state index contributed by atoms with van der Waals surface area (Å²) >= 11 is 0. The largest absolute Gasteiger partial charge is 0.496 e. The fourth-order valence-corrected chi connectivity index (χ4v) is 2.89. The SMILES string of the molecule is COc1ccccc1C(O)c1cccnc1-n1nnc2ccccc21. The Morgan fingerprint density at radius 3 is 2.60 bits per heavy atom. The maximum absolute atomic E-state index is 11.0. The number of aliphatic hydroxyl groups excluding tert-OH is 1. The standard InChI is InChI=1S/C19H16N4O2/c1-25-17-11-5-2-7-13(17)18(24)14-8-6-12-20-19(14)23-16-10-4-3-9-15(16)21-22-23/h2-12,18,24H,1H3. The van der Waals surface area contributed by atoms with Crippen molar-refractivity contribution in [3.63, 3.8) is 0 Å². The first-order valence-corrected chi connectivity index (χ1v) is 7.86. The molecule has 0 radical (unpaired) electrons. The Kier molecular flexibility index (Phi) is 3.87. The number of benzene rings is 2. The van der Waals surface area contributed by atoms with Gasteiger partial charge >= 0.3 is 0 Å². The summed E-state index contributed by atoms with van der Waals surface area (Å²) in [6.45, 7) is 0. The third-order valence-corrected chi connectivity index (χ3v) is 4.10. The van der Waals surface area contributed by atoms with Crippen LogP contribution in [0.1, 0.15) is 17.2 Å². The monoisotopic (exact) mass is 332 g/mol. The van der Waals surface area contributed by atoms with E-state index >= 15 is 0 Å². The van der Waals surface area contributed by atoms with Crippen LogP contribution in [0.5, 0.6) is 5.75 Å². The first-order valence-electron chi connectivity index (χ1n) is 7.86. The van der Waals surface area contributed by atoms with Gasteiger partial charge in [0.1, 0.15) is 17.4 Å². The van der Waals surface area contributed by atoms with E-state index < -0.39 is 6.10 Å². The predicted octanol–water partition coefficient (Wildman–Crippen LogP) is 2.91. The van der Waals surface area contributed by atoms with Gasteiger partial charge in [-0.3, -0.25) is 0 Å². The molecule has 4 aromatic rings. The predicted molar refractivity (Wildman–Crippen MR) is 93.7 cm³/mol. The highest BCUT2D eigenvalue weighted by Crippen LogP contribution is 2.32. The van der Waals surface area contributed by atoms with Crippen LogP contribution in [-0.4, -0.2) is 32.2 Å². The number of aliphatic hydroxyl groups is 1. The highest BCUT2D eigenvalue weighted by atomic mass is 16.5. The summed E-state index contributed by atoms with van der Waals surface area (Å²) in [5.41, 5.74) is 2.90. The Balaban J connectivity index is 1.87. The van der Waals surface area contributed by atoms with Gasteiger partial charge in [-0.25, -0.2) is 4.98 Å². The first-order chi connectivity index (χ1) is 12.3. The molecule has 124 valence electrons. The molecule has 6 heteroatoms. The number of nitrogens with zero attached hydrogens (tertiary/aromatic N) is 4. The molecule has 0 aliphatic rings. The van der Waals surface area contributed by atoms with Gasteiger partial charge in [0.25, 0.3) is 0 Å². The molecule has 0 amide bonds. The number of hydrogen-bond acceptors (Lipinski definition) is 5. The average molecular weight is 332 g/mol. The molecule has 0 aliphatic heterocycles. The number of pyridine rings is 1. The Labute approximate surface area is 144 Å². The van der Waals surface area contributed by atoms with Crippen molar-refractivity contribution in [3.8, 4) is 11.6 Å². The fourth-order valence-electron chi connectivity index (χ4n) is 2.89. The van der Waals surface area contributed by atoms with Crippen LogP contribution in [0.15, 0.2) is 66.9 Å². The van der Waals surface area contributed by atoms with Crippen LogP contribution in [0.4, 0.5) is 0 Å². The lowest BCUT2D eigenvalue weighted by Gasteiger charge is -2.17. The minimum Gasteiger partial charge on any atom is -0.496 e. The molecule has 2 aromatic heterocycles. The van der Waals surface area contributed by atoms with Gasteiger partial charge in [-0.2, -0.15) is 4.68 Å². The number of aromatic nitrogens is 4. The average Bonchev–Trinajstić information content (AvgIpc) is 3.11. The van der Waals surface area contributed by atoms with Crippen molar-refractivity contribution in [2.75, 3.05) is 7.11 Å². The van der Waals surface area contributed by atoms with E-state index in [1.54, 1.807) is 24.1 Å². The molecular weight excluding hydrogens is 316 g/mol. The molecule has 0 spiro atoms. The second-order valence-electron chi connectivity index (χ2n) is 5.55. The lowest BCUT2D eigenvalue weighted by molar-refractivity contribution is 0.214. The zero-order chi connectivity index (χ0) is 17.2. The highest BCUT2D eigenvalue weighted by molar-refractivity contribution is 5.75. The molecule has 2 aromatic carbocycles. The normalized spacial score (nSPS) is 12.2. The van der Waals surface area contributed by atoms with Gasteiger partial charge in [0.2, 0.25) is 0 Å². The van der Waals surface area contributed by atoms with E-state index in [0.717, 1.165) is 11.0 Å². The third-order valence-electron chi connectivity index (χ3n) is 4.10. The molecular formula is C19H16N4O2. The van der Waals surface area contributed by atoms with Crippen molar-refractivity contribution >= 4 is 11.0 Å². The van der Waals surface area contributed by atoms with Crippen LogP contribution in [-0.2, 0) is 0 Å². The summed E-state index contributed by atoms with van der Waals surface area (Å²) in [4.78, 5) is 4.43. The molecule has 0 bridgehead atoms. The summed E-state index contributed by atoms with van der Waals surface area (Å²) in [7, 11) is 1.58. The summed E-state index contributed by atoms with van der Waals surface area (Å²) < 4.78 is 7.02. The van der Waals surface area contributed by atoms with Crippen molar-refractivity contribution in [3.05, 3.63) is 78.0 Å². The fraction of sp³-hybridized carbons (Fsp3) is 0.105. The van der Waals surface area contributed by atoms with E-state index in [4.69, 9.17) is 4.74 Å². The van der Waals surface area contributed by atoms with E-state index in [0.29, 0.717) is 22.7 Å². The van der Waals surface area contributed by atoms with Crippen LogP contribution in [0.2, 0.25) is 0 Å². The minimum atomic E-state index is -0.900. The Morgan fingerprint density at radius 2 is 1.72 bits per heavy atom. The van der Waals surface area contributed by atoms with E-state index in [-0.39, 0.29) is 0 Å². The summed E-state index contributed by atoms with van der Waals surface area (Å²) in [6.07, 6.45) is 0.771. The maximum Gasteiger partial charge on any atom is 0.161 e. The van der Waals surface area contributed by atoms with Crippen molar-refractivity contribution in [1.29, 1.82) is 0 Å². The molecule has 1 unspecified atom stereocenters. The van der Waals surface area contributed by atoms with Crippen molar-refractivity contribution in [2.45, 2.75) is 6.10 Å². The van der Waals surface area contributed by atoms with E-state index in [2.05, 4.69) is 15.3 Å². The van der Waals surface area contributed by atoms with E-state index in [1.807, 2.05) is 54.6 Å². The minimum absolute atomic E-state index is 0.537. The van der Waals surface area contributed by atoms with Crippen LogP contribution < -0.4 is 4.74 Å². The van der Waals surface area contributed by atoms with Gasteiger partial charge in [0, 0.05) is 17.3 Å². The van der Waals surface area contributed by atoms with Gasteiger partial charge < -0.3 is 9.84 Å². The highest BCUT2D eigenvalue weighted by Gasteiger charge is 2.21. The Bertz CT molecular complexity index is 1030. The van der Waals surface area contributed by atoms with Gasteiger partial charge in [-0.05, 0) is 24.3 Å². The van der Waals surface area contributed by atoms with Crippen LogP contribution in [0.25, 0.3) is 16.9 Å². The van der Waals surface area contributed by atoms with Gasteiger partial charge in [0.05, 0.1) is 12.6 Å². The van der Waals surface area contributed by atoms with Crippen molar-refractivity contribution in [2.24, 2.45) is 0 Å². The maximum atomic E-state index is 11.0. The molecule has 4 rings (SSSR count). The van der Waals surface area contributed by atoms with Gasteiger partial charge in [-0.1, -0.05) is 41.6 Å². The second-order valence-corrected chi connectivity index (χ2v) is 5.55. The second kappa shape index (κ2) is 6.33. The molecule has 1 N–H and O–H groups in total. The quantitative estimate of drug-likeness (QED) is 0.622. The third kappa shape index (κ3) is 2.62. The Hall–Kier alpha value is -3.25. The van der Waals surface area contributed by atoms with Crippen LogP contribution >= 0.6 is 0 Å². The number of para-hydroxylation sites is 2. The topological polar surface area (TPSA) is 73.1 Å². The molecule has 1 atom stereocenters. The first kappa shape index (κ1) is 15.3. The van der Waals surface area contributed by atoms with Gasteiger partial charge in [0.15, 0.2) is 5.82 Å². The van der Waals surface area contributed by atoms with Crippen molar-refractivity contribution in [1.82, 2.24) is 20.0 Å². The van der Waals surface area contributed by atoms with Gasteiger partial charge in [-0.15, -0.1) is 5.10 Å². The molecule has 0 saturated heterocycles. The summed E-state index contributed by atoms with van der Waals surface area (Å²) in [5.74, 6) is 1.16. The molecule has 0 fully saturated rings. The number of ether oxygens (including phenoxy) is 1. The molecule has 0 aliphatic carbocycles. The molecule has 6 nitrogen and oxygen atoms in total. The zero-order valence-corrected chi connectivity index (χ0v) is 13.6.